The molecule has 0 saturated carbocycles. The summed E-state index contributed by atoms with van der Waals surface area (Å²) in [4.78, 5) is 22.7. The Morgan fingerprint density at radius 2 is 1.89 bits per heavy atom. The van der Waals surface area contributed by atoms with Crippen molar-refractivity contribution in [3.05, 3.63) is 29.8 Å². The average Bonchev–Trinajstić information content (AvgIpc) is 2.33. The molecule has 0 bridgehead atoms. The van der Waals surface area contributed by atoms with E-state index in [9.17, 15) is 9.59 Å². The standard InChI is InChI=1S/C12H12N2O4/c13-7-9-3-1-2-4-10(9)14(8-12(17)18)6-5-11(15)16/h1-4H,5-6,8H2,(H,15,16)(H,17,18). The van der Waals surface area contributed by atoms with Crippen molar-refractivity contribution in [2.24, 2.45) is 0 Å². The third-order valence-electron chi connectivity index (χ3n) is 2.29. The molecule has 0 amide bonds. The number of nitrogens with zero attached hydrogens (tertiary/aromatic N) is 2. The number of carboxylic acids is 2. The number of benzene rings is 1. The van der Waals surface area contributed by atoms with Crippen molar-refractivity contribution in [2.45, 2.75) is 6.42 Å². The molecule has 0 aliphatic rings. The van der Waals surface area contributed by atoms with E-state index in [2.05, 4.69) is 0 Å². The first-order valence-corrected chi connectivity index (χ1v) is 5.22. The lowest BCUT2D eigenvalue weighted by Gasteiger charge is -2.22. The van der Waals surface area contributed by atoms with E-state index < -0.39 is 11.9 Å². The number of hydrogen-bond donors (Lipinski definition) is 2. The van der Waals surface area contributed by atoms with Crippen molar-refractivity contribution in [2.75, 3.05) is 18.0 Å². The Labute approximate surface area is 104 Å². The van der Waals surface area contributed by atoms with Crippen LogP contribution in [0.1, 0.15) is 12.0 Å². The number of hydrogen-bond acceptors (Lipinski definition) is 4. The summed E-state index contributed by atoms with van der Waals surface area (Å²) in [7, 11) is 0. The zero-order chi connectivity index (χ0) is 13.5. The van der Waals surface area contributed by atoms with Gasteiger partial charge >= 0.3 is 11.9 Å². The van der Waals surface area contributed by atoms with Crippen molar-refractivity contribution in [1.82, 2.24) is 0 Å². The lowest BCUT2D eigenvalue weighted by Crippen LogP contribution is -2.32. The van der Waals surface area contributed by atoms with E-state index in [4.69, 9.17) is 15.5 Å². The number of carboxylic acid groups (broad SMARTS) is 2. The maximum Gasteiger partial charge on any atom is 0.323 e. The number of nitriles is 1. The summed E-state index contributed by atoms with van der Waals surface area (Å²) in [6.45, 7) is -0.299. The first-order chi connectivity index (χ1) is 8.54. The summed E-state index contributed by atoms with van der Waals surface area (Å²) in [5.41, 5.74) is 0.757. The minimum atomic E-state index is -1.08. The van der Waals surface area contributed by atoms with E-state index in [0.717, 1.165) is 0 Å². The molecule has 0 aliphatic heterocycles. The second-order valence-electron chi connectivity index (χ2n) is 3.59. The molecule has 6 nitrogen and oxygen atoms in total. The Bertz CT molecular complexity index is 493. The Morgan fingerprint density at radius 3 is 2.44 bits per heavy atom. The summed E-state index contributed by atoms with van der Waals surface area (Å²) in [5, 5.41) is 26.4. The van der Waals surface area contributed by atoms with Gasteiger partial charge in [-0.15, -0.1) is 0 Å². The first-order valence-electron chi connectivity index (χ1n) is 5.22. The molecule has 6 heteroatoms. The van der Waals surface area contributed by atoms with Crippen LogP contribution in [0.3, 0.4) is 0 Å². The van der Waals surface area contributed by atoms with Crippen LogP contribution in [0.5, 0.6) is 0 Å². The molecule has 0 saturated heterocycles. The van der Waals surface area contributed by atoms with Crippen molar-refractivity contribution < 1.29 is 19.8 Å². The molecular weight excluding hydrogens is 236 g/mol. The summed E-state index contributed by atoms with van der Waals surface area (Å²) in [5.74, 6) is -2.09. The number of carbonyl (C=O) groups is 2. The molecule has 0 fully saturated rings. The largest absolute Gasteiger partial charge is 0.481 e. The van der Waals surface area contributed by atoms with Gasteiger partial charge in [-0.1, -0.05) is 12.1 Å². The highest BCUT2D eigenvalue weighted by molar-refractivity contribution is 5.76. The van der Waals surface area contributed by atoms with Crippen molar-refractivity contribution >= 4 is 17.6 Å². The van der Waals surface area contributed by atoms with Crippen LogP contribution >= 0.6 is 0 Å². The van der Waals surface area contributed by atoms with Gasteiger partial charge in [0.25, 0.3) is 0 Å². The molecule has 94 valence electrons. The lowest BCUT2D eigenvalue weighted by molar-refractivity contribution is -0.138. The molecule has 0 unspecified atom stereocenters. The van der Waals surface area contributed by atoms with Crippen LogP contribution in [0.4, 0.5) is 5.69 Å². The van der Waals surface area contributed by atoms with Gasteiger partial charge < -0.3 is 15.1 Å². The molecule has 0 aliphatic carbocycles. The molecule has 0 atom stereocenters. The highest BCUT2D eigenvalue weighted by Crippen LogP contribution is 2.19. The topological polar surface area (TPSA) is 102 Å². The molecule has 18 heavy (non-hydrogen) atoms. The summed E-state index contributed by atoms with van der Waals surface area (Å²) in [6.07, 6.45) is -0.187. The van der Waals surface area contributed by atoms with Crippen LogP contribution in [0.25, 0.3) is 0 Å². The van der Waals surface area contributed by atoms with Gasteiger partial charge in [-0.25, -0.2) is 0 Å². The van der Waals surface area contributed by atoms with Crippen molar-refractivity contribution in [1.29, 1.82) is 5.26 Å². The molecule has 0 radical (unpaired) electrons. The highest BCUT2D eigenvalue weighted by Gasteiger charge is 2.15. The van der Waals surface area contributed by atoms with Gasteiger partial charge in [0, 0.05) is 6.54 Å². The lowest BCUT2D eigenvalue weighted by atomic mass is 10.1. The monoisotopic (exact) mass is 248 g/mol. The van der Waals surface area contributed by atoms with Gasteiger partial charge in [-0.2, -0.15) is 5.26 Å². The predicted molar refractivity (Wildman–Crippen MR) is 63.3 cm³/mol. The van der Waals surface area contributed by atoms with E-state index in [1.165, 1.54) is 4.90 Å². The van der Waals surface area contributed by atoms with Crippen molar-refractivity contribution in [3.8, 4) is 6.07 Å². The minimum absolute atomic E-state index is 0.0420. The van der Waals surface area contributed by atoms with Crippen LogP contribution in [-0.4, -0.2) is 35.2 Å². The average molecular weight is 248 g/mol. The Kier molecular flexibility index (Phi) is 4.69. The summed E-state index contributed by atoms with van der Waals surface area (Å²) in [6, 6.07) is 8.45. The van der Waals surface area contributed by atoms with Gasteiger partial charge in [0.05, 0.1) is 17.7 Å². The summed E-state index contributed by atoms with van der Waals surface area (Å²) >= 11 is 0. The number of anilines is 1. The fourth-order valence-electron chi connectivity index (χ4n) is 1.52. The van der Waals surface area contributed by atoms with Crippen LogP contribution in [0, 0.1) is 11.3 Å². The van der Waals surface area contributed by atoms with Gasteiger partial charge in [0.1, 0.15) is 12.6 Å². The predicted octanol–water partition coefficient (Wildman–Crippen LogP) is 0.924. The number of rotatable bonds is 6. The van der Waals surface area contributed by atoms with E-state index in [1.807, 2.05) is 6.07 Å². The Balaban J connectivity index is 2.97. The van der Waals surface area contributed by atoms with E-state index in [0.29, 0.717) is 11.3 Å². The highest BCUT2D eigenvalue weighted by atomic mass is 16.4. The van der Waals surface area contributed by atoms with Crippen molar-refractivity contribution in [3.63, 3.8) is 0 Å². The zero-order valence-electron chi connectivity index (χ0n) is 9.54. The van der Waals surface area contributed by atoms with Crippen LogP contribution in [0.15, 0.2) is 24.3 Å². The van der Waals surface area contributed by atoms with E-state index >= 15 is 0 Å². The number of para-hydroxylation sites is 1. The van der Waals surface area contributed by atoms with Gasteiger partial charge in [-0.05, 0) is 12.1 Å². The molecule has 1 aromatic rings. The molecule has 0 aromatic heterocycles. The molecule has 0 spiro atoms. The molecule has 1 aromatic carbocycles. The molecule has 2 N–H and O–H groups in total. The Morgan fingerprint density at radius 1 is 1.22 bits per heavy atom. The fourth-order valence-corrected chi connectivity index (χ4v) is 1.52. The smallest absolute Gasteiger partial charge is 0.323 e. The van der Waals surface area contributed by atoms with Gasteiger partial charge in [0.2, 0.25) is 0 Å². The second-order valence-corrected chi connectivity index (χ2v) is 3.59. The SMILES string of the molecule is N#Cc1ccccc1N(CCC(=O)O)CC(=O)O. The number of aliphatic carboxylic acids is 2. The van der Waals surface area contributed by atoms with Gasteiger partial charge in [-0.3, -0.25) is 9.59 Å². The third-order valence-corrected chi connectivity index (χ3v) is 2.29. The third kappa shape index (κ3) is 3.79. The first kappa shape index (κ1) is 13.5. The zero-order valence-corrected chi connectivity index (χ0v) is 9.54. The van der Waals surface area contributed by atoms with E-state index in [1.54, 1.807) is 24.3 Å². The van der Waals surface area contributed by atoms with Gasteiger partial charge in [0.15, 0.2) is 0 Å². The molecular formula is C12H12N2O4. The second kappa shape index (κ2) is 6.25. The van der Waals surface area contributed by atoms with Crippen LogP contribution in [0.2, 0.25) is 0 Å². The molecule has 1 rings (SSSR count). The fraction of sp³-hybridized carbons (Fsp3) is 0.250. The van der Waals surface area contributed by atoms with Crippen LogP contribution in [-0.2, 0) is 9.59 Å². The Hall–Kier alpha value is -2.55. The normalized spacial score (nSPS) is 9.50. The minimum Gasteiger partial charge on any atom is -0.481 e. The molecule has 0 heterocycles. The maximum absolute atomic E-state index is 10.8. The van der Waals surface area contributed by atoms with E-state index in [-0.39, 0.29) is 19.5 Å². The summed E-state index contributed by atoms with van der Waals surface area (Å²) < 4.78 is 0. The van der Waals surface area contributed by atoms with Crippen LogP contribution < -0.4 is 4.90 Å². The maximum atomic E-state index is 10.8. The quantitative estimate of drug-likeness (QED) is 0.776.